The van der Waals surface area contributed by atoms with Crippen molar-refractivity contribution in [1.29, 1.82) is 0 Å². The van der Waals surface area contributed by atoms with E-state index in [1.807, 2.05) is 12.5 Å². The molecule has 0 aliphatic rings. The van der Waals surface area contributed by atoms with Gasteiger partial charge in [-0.15, -0.1) is 0 Å². The number of benzene rings is 1. The zero-order chi connectivity index (χ0) is 12.6. The van der Waals surface area contributed by atoms with Gasteiger partial charge in [0, 0.05) is 39.1 Å². The summed E-state index contributed by atoms with van der Waals surface area (Å²) in [5.41, 5.74) is 2.50. The molecule has 2 rings (SSSR count). The molecule has 1 aromatic heterocycles. The Morgan fingerprint density at radius 2 is 2.00 bits per heavy atom. The third-order valence-corrected chi connectivity index (χ3v) is 2.77. The molecule has 0 spiro atoms. The quantitative estimate of drug-likeness (QED) is 0.756. The molecular formula is C14H19N3O. The van der Waals surface area contributed by atoms with Crippen LogP contribution in [-0.4, -0.2) is 23.2 Å². The Hall–Kier alpha value is -1.65. The number of nitrogens with one attached hydrogen (secondary N) is 1. The van der Waals surface area contributed by atoms with Gasteiger partial charge in [-0.05, 0) is 11.1 Å². The molecule has 1 N–H and O–H groups in total. The Kier molecular flexibility index (Phi) is 4.93. The summed E-state index contributed by atoms with van der Waals surface area (Å²) in [5, 5.41) is 3.41. The van der Waals surface area contributed by atoms with E-state index in [1.54, 1.807) is 13.3 Å². The smallest absolute Gasteiger partial charge is 0.0946 e. The van der Waals surface area contributed by atoms with Gasteiger partial charge in [-0.25, -0.2) is 4.98 Å². The number of ether oxygens (including phenoxy) is 1. The highest BCUT2D eigenvalue weighted by Crippen LogP contribution is 2.05. The summed E-state index contributed by atoms with van der Waals surface area (Å²) < 4.78 is 7.15. The molecule has 0 saturated carbocycles. The largest absolute Gasteiger partial charge is 0.380 e. The van der Waals surface area contributed by atoms with E-state index < -0.39 is 0 Å². The average molecular weight is 245 g/mol. The standard InChI is InChI=1S/C14H19N3O/c1-18-11-14-4-2-13(3-5-14)10-15-6-8-17-9-7-16-12-17/h2-5,7,9,12,15H,6,8,10-11H2,1H3. The van der Waals surface area contributed by atoms with E-state index >= 15 is 0 Å². The van der Waals surface area contributed by atoms with E-state index in [-0.39, 0.29) is 0 Å². The molecule has 2 aromatic rings. The van der Waals surface area contributed by atoms with Crippen LogP contribution in [0.1, 0.15) is 11.1 Å². The Morgan fingerprint density at radius 1 is 1.22 bits per heavy atom. The number of aromatic nitrogens is 2. The van der Waals surface area contributed by atoms with Gasteiger partial charge in [0.25, 0.3) is 0 Å². The molecule has 0 atom stereocenters. The van der Waals surface area contributed by atoms with Crippen LogP contribution in [0.2, 0.25) is 0 Å². The predicted molar refractivity (Wildman–Crippen MR) is 71.1 cm³/mol. The van der Waals surface area contributed by atoms with Gasteiger partial charge in [0.1, 0.15) is 0 Å². The molecule has 0 fully saturated rings. The topological polar surface area (TPSA) is 39.1 Å². The molecular weight excluding hydrogens is 226 g/mol. The van der Waals surface area contributed by atoms with Crippen molar-refractivity contribution in [2.45, 2.75) is 19.7 Å². The fraction of sp³-hybridized carbons (Fsp3) is 0.357. The number of hydrogen-bond acceptors (Lipinski definition) is 3. The van der Waals surface area contributed by atoms with Gasteiger partial charge in [0.15, 0.2) is 0 Å². The normalized spacial score (nSPS) is 10.7. The van der Waals surface area contributed by atoms with Gasteiger partial charge >= 0.3 is 0 Å². The third kappa shape index (κ3) is 3.98. The van der Waals surface area contributed by atoms with Crippen LogP contribution in [-0.2, 0) is 24.4 Å². The maximum atomic E-state index is 5.08. The Labute approximate surface area is 108 Å². The first-order chi connectivity index (χ1) is 8.88. The Bertz CT molecular complexity index is 437. The van der Waals surface area contributed by atoms with Gasteiger partial charge in [0.2, 0.25) is 0 Å². The highest BCUT2D eigenvalue weighted by atomic mass is 16.5. The summed E-state index contributed by atoms with van der Waals surface area (Å²) >= 11 is 0. The molecule has 0 unspecified atom stereocenters. The van der Waals surface area contributed by atoms with Crippen molar-refractivity contribution in [3.05, 3.63) is 54.1 Å². The minimum atomic E-state index is 0.675. The van der Waals surface area contributed by atoms with Crippen molar-refractivity contribution in [3.8, 4) is 0 Å². The van der Waals surface area contributed by atoms with Crippen molar-refractivity contribution in [3.63, 3.8) is 0 Å². The zero-order valence-corrected chi connectivity index (χ0v) is 10.7. The molecule has 4 nitrogen and oxygen atoms in total. The highest BCUT2D eigenvalue weighted by Gasteiger charge is 1.95. The second kappa shape index (κ2) is 6.93. The maximum Gasteiger partial charge on any atom is 0.0946 e. The third-order valence-electron chi connectivity index (χ3n) is 2.77. The summed E-state index contributed by atoms with van der Waals surface area (Å²) in [7, 11) is 1.71. The molecule has 0 amide bonds. The second-order valence-electron chi connectivity index (χ2n) is 4.23. The van der Waals surface area contributed by atoms with Gasteiger partial charge in [-0.3, -0.25) is 0 Å². The number of hydrogen-bond donors (Lipinski definition) is 1. The monoisotopic (exact) mass is 245 g/mol. The average Bonchev–Trinajstić information content (AvgIpc) is 2.90. The Morgan fingerprint density at radius 3 is 2.67 bits per heavy atom. The van der Waals surface area contributed by atoms with Crippen molar-refractivity contribution in [2.75, 3.05) is 13.7 Å². The minimum absolute atomic E-state index is 0.675. The summed E-state index contributed by atoms with van der Waals surface area (Å²) in [5.74, 6) is 0. The molecule has 96 valence electrons. The van der Waals surface area contributed by atoms with Crippen LogP contribution < -0.4 is 5.32 Å². The Balaban J connectivity index is 1.69. The van der Waals surface area contributed by atoms with Gasteiger partial charge < -0.3 is 14.6 Å². The molecule has 0 aliphatic carbocycles. The molecule has 4 heteroatoms. The van der Waals surface area contributed by atoms with Crippen LogP contribution in [0, 0.1) is 0 Å². The lowest BCUT2D eigenvalue weighted by Crippen LogP contribution is -2.18. The number of methoxy groups -OCH3 is 1. The lowest BCUT2D eigenvalue weighted by Gasteiger charge is -2.06. The maximum absolute atomic E-state index is 5.08. The van der Waals surface area contributed by atoms with Gasteiger partial charge in [0.05, 0.1) is 12.9 Å². The molecule has 0 radical (unpaired) electrons. The minimum Gasteiger partial charge on any atom is -0.380 e. The zero-order valence-electron chi connectivity index (χ0n) is 10.7. The molecule has 0 saturated heterocycles. The first kappa shape index (κ1) is 12.8. The van der Waals surface area contributed by atoms with Crippen LogP contribution in [0.5, 0.6) is 0 Å². The van der Waals surface area contributed by atoms with E-state index in [4.69, 9.17) is 4.74 Å². The van der Waals surface area contributed by atoms with Crippen molar-refractivity contribution < 1.29 is 4.74 Å². The summed E-state index contributed by atoms with van der Waals surface area (Å²) in [6, 6.07) is 8.49. The number of imidazole rings is 1. The van der Waals surface area contributed by atoms with Crippen LogP contribution in [0.4, 0.5) is 0 Å². The van der Waals surface area contributed by atoms with Crippen LogP contribution in [0.3, 0.4) is 0 Å². The fourth-order valence-corrected chi connectivity index (χ4v) is 1.78. The summed E-state index contributed by atoms with van der Waals surface area (Å²) in [4.78, 5) is 4.01. The van der Waals surface area contributed by atoms with Crippen molar-refractivity contribution in [1.82, 2.24) is 14.9 Å². The summed E-state index contributed by atoms with van der Waals surface area (Å²) in [6.07, 6.45) is 5.61. The van der Waals surface area contributed by atoms with E-state index in [1.165, 1.54) is 11.1 Å². The van der Waals surface area contributed by atoms with E-state index in [0.717, 1.165) is 19.6 Å². The van der Waals surface area contributed by atoms with Gasteiger partial charge in [-0.1, -0.05) is 24.3 Å². The fourth-order valence-electron chi connectivity index (χ4n) is 1.78. The predicted octanol–water partition coefficient (Wildman–Crippen LogP) is 1.82. The molecule has 0 bridgehead atoms. The SMILES string of the molecule is COCc1ccc(CNCCn2ccnc2)cc1. The van der Waals surface area contributed by atoms with Crippen LogP contribution >= 0.6 is 0 Å². The van der Waals surface area contributed by atoms with Crippen molar-refractivity contribution >= 4 is 0 Å². The molecule has 1 heterocycles. The number of rotatable bonds is 7. The van der Waals surface area contributed by atoms with E-state index in [0.29, 0.717) is 6.61 Å². The highest BCUT2D eigenvalue weighted by molar-refractivity contribution is 5.21. The molecule has 18 heavy (non-hydrogen) atoms. The molecule has 0 aliphatic heterocycles. The lowest BCUT2D eigenvalue weighted by atomic mass is 10.1. The first-order valence-corrected chi connectivity index (χ1v) is 6.11. The lowest BCUT2D eigenvalue weighted by molar-refractivity contribution is 0.185. The van der Waals surface area contributed by atoms with Crippen LogP contribution in [0.15, 0.2) is 43.0 Å². The first-order valence-electron chi connectivity index (χ1n) is 6.11. The summed E-state index contributed by atoms with van der Waals surface area (Å²) in [6.45, 7) is 3.45. The van der Waals surface area contributed by atoms with E-state index in [9.17, 15) is 0 Å². The van der Waals surface area contributed by atoms with Crippen LogP contribution in [0.25, 0.3) is 0 Å². The molecule has 1 aromatic carbocycles. The number of nitrogens with zero attached hydrogens (tertiary/aromatic N) is 2. The van der Waals surface area contributed by atoms with E-state index in [2.05, 4.69) is 39.1 Å². The van der Waals surface area contributed by atoms with Crippen molar-refractivity contribution in [2.24, 2.45) is 0 Å². The second-order valence-corrected chi connectivity index (χ2v) is 4.23. The van der Waals surface area contributed by atoms with Gasteiger partial charge in [-0.2, -0.15) is 0 Å².